The molecule has 214 valence electrons. The van der Waals surface area contributed by atoms with Crippen LogP contribution in [0.3, 0.4) is 0 Å². The molecule has 0 spiro atoms. The maximum atomic E-state index is 13.5. The smallest absolute Gasteiger partial charge is 0.308 e. The van der Waals surface area contributed by atoms with Crippen LogP contribution in [-0.2, 0) is 20.8 Å². The van der Waals surface area contributed by atoms with Crippen LogP contribution in [0.2, 0.25) is 0 Å². The predicted octanol–water partition coefficient (Wildman–Crippen LogP) is 2.45. The lowest BCUT2D eigenvalue weighted by Gasteiger charge is -2.30. The summed E-state index contributed by atoms with van der Waals surface area (Å²) < 4.78 is 11.0. The lowest BCUT2D eigenvalue weighted by Crippen LogP contribution is -2.46. The van der Waals surface area contributed by atoms with Crippen LogP contribution in [0.4, 0.5) is 5.69 Å². The number of carbonyl (C=O) groups excluding carboxylic acids is 2. The number of para-hydroxylation sites is 1. The molecule has 3 aliphatic rings. The van der Waals surface area contributed by atoms with Crippen molar-refractivity contribution >= 4 is 23.5 Å². The molecule has 2 aromatic carbocycles. The van der Waals surface area contributed by atoms with Gasteiger partial charge in [0.15, 0.2) is 11.5 Å². The van der Waals surface area contributed by atoms with E-state index in [4.69, 9.17) is 15.2 Å². The number of rotatable bonds is 12. The molecule has 0 aromatic heterocycles. The SMILES string of the molecule is CCCCN(CCN)C(=O)CN1C[C@H](c2ccc3c(c2)OCO3)C(C(=O)O)[C@@H]1CCN1C(=O)Cc2ccccc21. The highest BCUT2D eigenvalue weighted by Gasteiger charge is 2.47. The minimum atomic E-state index is -0.916. The summed E-state index contributed by atoms with van der Waals surface area (Å²) in [5.41, 5.74) is 8.50. The highest BCUT2D eigenvalue weighted by atomic mass is 16.7. The topological polar surface area (TPSA) is 126 Å². The first-order chi connectivity index (χ1) is 19.4. The number of hydrogen-bond acceptors (Lipinski definition) is 7. The molecule has 3 atom stereocenters. The van der Waals surface area contributed by atoms with Crippen molar-refractivity contribution < 1.29 is 29.0 Å². The van der Waals surface area contributed by atoms with Crippen LogP contribution in [0.15, 0.2) is 42.5 Å². The number of unbranched alkanes of at least 4 members (excludes halogenated alkanes) is 1. The van der Waals surface area contributed by atoms with Gasteiger partial charge >= 0.3 is 5.97 Å². The van der Waals surface area contributed by atoms with E-state index in [1.54, 1.807) is 9.80 Å². The lowest BCUT2D eigenvalue weighted by molar-refractivity contribution is -0.143. The number of anilines is 1. The molecule has 10 nitrogen and oxygen atoms in total. The Kier molecular flexibility index (Phi) is 8.56. The van der Waals surface area contributed by atoms with Gasteiger partial charge in [-0.15, -0.1) is 0 Å². The number of amides is 2. The summed E-state index contributed by atoms with van der Waals surface area (Å²) >= 11 is 0. The van der Waals surface area contributed by atoms with Crippen LogP contribution in [0.5, 0.6) is 11.5 Å². The van der Waals surface area contributed by atoms with Crippen LogP contribution in [0.25, 0.3) is 0 Å². The third kappa shape index (κ3) is 5.64. The third-order valence-corrected chi connectivity index (χ3v) is 8.30. The van der Waals surface area contributed by atoms with E-state index in [1.807, 2.05) is 47.4 Å². The van der Waals surface area contributed by atoms with Crippen LogP contribution < -0.4 is 20.1 Å². The number of nitrogens with zero attached hydrogens (tertiary/aromatic N) is 3. The summed E-state index contributed by atoms with van der Waals surface area (Å²) in [6.07, 6.45) is 2.61. The Morgan fingerprint density at radius 1 is 1.12 bits per heavy atom. The second-order valence-electron chi connectivity index (χ2n) is 10.7. The van der Waals surface area contributed by atoms with Gasteiger partial charge in [0.1, 0.15) is 0 Å². The number of benzene rings is 2. The van der Waals surface area contributed by atoms with Gasteiger partial charge in [-0.2, -0.15) is 0 Å². The summed E-state index contributed by atoms with van der Waals surface area (Å²) in [4.78, 5) is 44.7. The highest BCUT2D eigenvalue weighted by Crippen LogP contribution is 2.43. The number of carboxylic acid groups (broad SMARTS) is 1. The summed E-state index contributed by atoms with van der Waals surface area (Å²) in [7, 11) is 0. The standard InChI is InChI=1S/C30H38N4O6/c1-2-3-12-32(14-11-31)28(36)18-33-17-22(20-8-9-25-26(15-20)40-19-39-25)29(30(37)38)24(33)10-13-34-23-7-5-4-6-21(23)16-27(34)35/h4-9,15,22,24,29H,2-3,10-14,16-19,31H2,1H3,(H,37,38)/t22-,24+,29?/m1/s1. The van der Waals surface area contributed by atoms with E-state index in [0.29, 0.717) is 57.1 Å². The molecular weight excluding hydrogens is 512 g/mol. The molecule has 40 heavy (non-hydrogen) atoms. The fourth-order valence-electron chi connectivity index (χ4n) is 6.30. The van der Waals surface area contributed by atoms with E-state index >= 15 is 0 Å². The van der Waals surface area contributed by atoms with E-state index in [9.17, 15) is 19.5 Å². The van der Waals surface area contributed by atoms with Crippen LogP contribution in [-0.4, -0.2) is 84.8 Å². The molecule has 0 saturated carbocycles. The highest BCUT2D eigenvalue weighted by molar-refractivity contribution is 6.01. The minimum absolute atomic E-state index is 0.00899. The average molecular weight is 551 g/mol. The van der Waals surface area contributed by atoms with Crippen molar-refractivity contribution in [1.29, 1.82) is 0 Å². The molecule has 0 aliphatic carbocycles. The second-order valence-corrected chi connectivity index (χ2v) is 10.7. The van der Waals surface area contributed by atoms with Crippen LogP contribution in [0.1, 0.15) is 43.2 Å². The zero-order chi connectivity index (χ0) is 28.2. The van der Waals surface area contributed by atoms with Gasteiger partial charge in [0.25, 0.3) is 0 Å². The Labute approximate surface area is 234 Å². The van der Waals surface area contributed by atoms with Crippen molar-refractivity contribution in [3.8, 4) is 11.5 Å². The van der Waals surface area contributed by atoms with Gasteiger partial charge in [0, 0.05) is 50.4 Å². The van der Waals surface area contributed by atoms with E-state index in [2.05, 4.69) is 6.92 Å². The normalized spacial score (nSPS) is 21.6. The van der Waals surface area contributed by atoms with E-state index in [1.165, 1.54) is 0 Å². The Balaban J connectivity index is 1.42. The molecule has 1 saturated heterocycles. The molecule has 5 rings (SSSR count). The Morgan fingerprint density at radius 2 is 1.93 bits per heavy atom. The van der Waals surface area contributed by atoms with E-state index < -0.39 is 17.9 Å². The first kappa shape index (κ1) is 27.9. The zero-order valence-corrected chi connectivity index (χ0v) is 23.0. The van der Waals surface area contributed by atoms with Gasteiger partial charge < -0.3 is 30.1 Å². The molecule has 3 aliphatic heterocycles. The fourth-order valence-corrected chi connectivity index (χ4v) is 6.30. The summed E-state index contributed by atoms with van der Waals surface area (Å²) in [5, 5.41) is 10.5. The molecule has 3 N–H and O–H groups in total. The number of hydrogen-bond donors (Lipinski definition) is 2. The third-order valence-electron chi connectivity index (χ3n) is 8.30. The van der Waals surface area contributed by atoms with Crippen molar-refractivity contribution in [2.45, 2.75) is 44.6 Å². The number of carboxylic acids is 1. The summed E-state index contributed by atoms with van der Waals surface area (Å²) in [6, 6.07) is 12.8. The molecule has 2 aromatic rings. The van der Waals surface area contributed by atoms with Crippen molar-refractivity contribution in [1.82, 2.24) is 9.80 Å². The first-order valence-electron chi connectivity index (χ1n) is 14.1. The number of aliphatic carboxylic acids is 1. The number of likely N-dealkylation sites (tertiary alicyclic amines) is 1. The number of fused-ring (bicyclic) bond motifs is 2. The van der Waals surface area contributed by atoms with Gasteiger partial charge in [-0.05, 0) is 42.2 Å². The predicted molar refractivity (Wildman–Crippen MR) is 149 cm³/mol. The van der Waals surface area contributed by atoms with Crippen LogP contribution >= 0.6 is 0 Å². The maximum absolute atomic E-state index is 13.5. The van der Waals surface area contributed by atoms with E-state index in [-0.39, 0.29) is 31.1 Å². The minimum Gasteiger partial charge on any atom is -0.481 e. The molecule has 3 heterocycles. The first-order valence-corrected chi connectivity index (χ1v) is 14.1. The van der Waals surface area contributed by atoms with Crippen molar-refractivity contribution in [3.63, 3.8) is 0 Å². The van der Waals surface area contributed by atoms with Gasteiger partial charge in [0.2, 0.25) is 18.6 Å². The number of ether oxygens (including phenoxy) is 2. The lowest BCUT2D eigenvalue weighted by atomic mass is 9.84. The Bertz CT molecular complexity index is 1250. The Hall–Kier alpha value is -3.63. The van der Waals surface area contributed by atoms with Gasteiger partial charge in [0.05, 0.1) is 18.9 Å². The second kappa shape index (κ2) is 12.3. The molecule has 0 bridgehead atoms. The van der Waals surface area contributed by atoms with E-state index in [0.717, 1.165) is 29.7 Å². The largest absolute Gasteiger partial charge is 0.481 e. The molecule has 10 heteroatoms. The van der Waals surface area contributed by atoms with Gasteiger partial charge in [-0.25, -0.2) is 0 Å². The number of nitrogens with two attached hydrogens (primary N) is 1. The maximum Gasteiger partial charge on any atom is 0.308 e. The van der Waals surface area contributed by atoms with Crippen molar-refractivity contribution in [3.05, 3.63) is 53.6 Å². The molecule has 2 amide bonds. The summed E-state index contributed by atoms with van der Waals surface area (Å²) in [5.74, 6) is -0.848. The molecule has 1 unspecified atom stereocenters. The molecule has 0 radical (unpaired) electrons. The van der Waals surface area contributed by atoms with Crippen LogP contribution in [0, 0.1) is 5.92 Å². The Morgan fingerprint density at radius 3 is 2.70 bits per heavy atom. The fraction of sp³-hybridized carbons (Fsp3) is 0.500. The zero-order valence-electron chi connectivity index (χ0n) is 23.0. The monoisotopic (exact) mass is 550 g/mol. The van der Waals surface area contributed by atoms with Crippen molar-refractivity contribution in [2.75, 3.05) is 51.0 Å². The molecular formula is C30H38N4O6. The molecule has 1 fully saturated rings. The van der Waals surface area contributed by atoms with Gasteiger partial charge in [-0.1, -0.05) is 37.6 Å². The average Bonchev–Trinajstić information content (AvgIpc) is 3.64. The summed E-state index contributed by atoms with van der Waals surface area (Å²) in [6.45, 7) is 4.55. The van der Waals surface area contributed by atoms with Gasteiger partial charge in [-0.3, -0.25) is 19.3 Å². The number of carbonyl (C=O) groups is 3. The van der Waals surface area contributed by atoms with Crippen molar-refractivity contribution in [2.24, 2.45) is 11.7 Å². The quantitative estimate of drug-likeness (QED) is 0.413.